The second kappa shape index (κ2) is 6.58. The molecule has 0 aromatic heterocycles. The Kier molecular flexibility index (Phi) is 4.81. The highest BCUT2D eigenvalue weighted by molar-refractivity contribution is 5.14. The minimum Gasteiger partial charge on any atom is -0.300 e. The average molecular weight is 242 g/mol. The van der Waals surface area contributed by atoms with E-state index in [0.717, 1.165) is 26.1 Å². The van der Waals surface area contributed by atoms with Crippen molar-refractivity contribution in [1.82, 2.24) is 10.2 Å². The summed E-state index contributed by atoms with van der Waals surface area (Å²) in [5.74, 6) is 2.81. The number of nitrogens with zero attached hydrogens (tertiary/aromatic N) is 1. The van der Waals surface area contributed by atoms with Crippen LogP contribution in [0.15, 0.2) is 30.3 Å². The van der Waals surface area contributed by atoms with Gasteiger partial charge < -0.3 is 0 Å². The molecule has 0 bridgehead atoms. The van der Waals surface area contributed by atoms with Gasteiger partial charge in [-0.1, -0.05) is 43.2 Å². The predicted octanol–water partition coefficient (Wildman–Crippen LogP) is 2.26. The van der Waals surface area contributed by atoms with E-state index < -0.39 is 0 Å². The quantitative estimate of drug-likeness (QED) is 0.797. The lowest BCUT2D eigenvalue weighted by atomic mass is 10.2. The number of likely N-dealkylation sites (tertiary alicyclic amines) is 1. The Morgan fingerprint density at radius 3 is 2.89 bits per heavy atom. The predicted molar refractivity (Wildman–Crippen MR) is 76.2 cm³/mol. The van der Waals surface area contributed by atoms with Gasteiger partial charge in [-0.2, -0.15) is 0 Å². The number of hydrogen-bond acceptors (Lipinski definition) is 2. The van der Waals surface area contributed by atoms with Crippen LogP contribution in [0.1, 0.15) is 25.3 Å². The van der Waals surface area contributed by atoms with Gasteiger partial charge in [-0.15, -0.1) is 6.42 Å². The first-order valence-corrected chi connectivity index (χ1v) is 6.80. The monoisotopic (exact) mass is 242 g/mol. The molecule has 18 heavy (non-hydrogen) atoms. The van der Waals surface area contributed by atoms with Crippen LogP contribution in [0.25, 0.3) is 0 Å². The van der Waals surface area contributed by atoms with E-state index in [-0.39, 0.29) is 6.04 Å². The molecule has 0 spiro atoms. The highest BCUT2D eigenvalue weighted by Gasteiger charge is 2.23. The molecule has 0 aliphatic carbocycles. The molecular weight excluding hydrogens is 220 g/mol. The first-order valence-electron chi connectivity index (χ1n) is 6.80. The lowest BCUT2D eigenvalue weighted by Crippen LogP contribution is -2.38. The van der Waals surface area contributed by atoms with Crippen LogP contribution in [0.3, 0.4) is 0 Å². The Hall–Kier alpha value is -1.30. The molecule has 1 fully saturated rings. The Morgan fingerprint density at radius 1 is 1.44 bits per heavy atom. The molecule has 1 saturated heterocycles. The zero-order chi connectivity index (χ0) is 12.8. The van der Waals surface area contributed by atoms with Crippen LogP contribution in [0, 0.1) is 12.3 Å². The Balaban J connectivity index is 1.80. The van der Waals surface area contributed by atoms with Gasteiger partial charge in [0.15, 0.2) is 0 Å². The van der Waals surface area contributed by atoms with Crippen molar-refractivity contribution in [3.8, 4) is 12.3 Å². The standard InChI is InChI=1S/C16H22N2/c1-3-15(4-2)17-16-10-11-18(13-16)12-14-8-6-5-7-9-14/h1,5-9,15-17H,4,10-13H2,2H3. The molecule has 1 aliphatic rings. The lowest BCUT2D eigenvalue weighted by Gasteiger charge is -2.19. The molecule has 1 heterocycles. The second-order valence-electron chi connectivity index (χ2n) is 5.00. The normalized spacial score (nSPS) is 21.7. The second-order valence-corrected chi connectivity index (χ2v) is 5.00. The lowest BCUT2D eigenvalue weighted by molar-refractivity contribution is 0.317. The fraction of sp³-hybridized carbons (Fsp3) is 0.500. The molecule has 1 N–H and O–H groups in total. The van der Waals surface area contributed by atoms with Gasteiger partial charge in [0.1, 0.15) is 0 Å². The Morgan fingerprint density at radius 2 is 2.22 bits per heavy atom. The van der Waals surface area contributed by atoms with Gasteiger partial charge in [0.2, 0.25) is 0 Å². The van der Waals surface area contributed by atoms with Crippen LogP contribution in [-0.2, 0) is 6.54 Å². The van der Waals surface area contributed by atoms with E-state index >= 15 is 0 Å². The molecule has 2 heteroatoms. The van der Waals surface area contributed by atoms with Gasteiger partial charge in [0, 0.05) is 25.7 Å². The van der Waals surface area contributed by atoms with Crippen molar-refractivity contribution < 1.29 is 0 Å². The number of rotatable bonds is 5. The van der Waals surface area contributed by atoms with Crippen molar-refractivity contribution in [2.75, 3.05) is 13.1 Å². The minimum absolute atomic E-state index is 0.228. The van der Waals surface area contributed by atoms with Crippen LogP contribution in [-0.4, -0.2) is 30.1 Å². The summed E-state index contributed by atoms with van der Waals surface area (Å²) in [6.07, 6.45) is 7.70. The summed E-state index contributed by atoms with van der Waals surface area (Å²) in [5, 5.41) is 3.55. The molecule has 96 valence electrons. The molecule has 0 saturated carbocycles. The summed E-state index contributed by atoms with van der Waals surface area (Å²) in [6.45, 7) is 5.45. The van der Waals surface area contributed by atoms with Gasteiger partial charge in [0.05, 0.1) is 6.04 Å². The van der Waals surface area contributed by atoms with Crippen molar-refractivity contribution in [3.05, 3.63) is 35.9 Å². The average Bonchev–Trinajstić information content (AvgIpc) is 2.84. The smallest absolute Gasteiger partial charge is 0.0686 e. The maximum Gasteiger partial charge on any atom is 0.0686 e. The summed E-state index contributed by atoms with van der Waals surface area (Å²) in [6, 6.07) is 11.4. The van der Waals surface area contributed by atoms with E-state index in [1.54, 1.807) is 0 Å². The van der Waals surface area contributed by atoms with Crippen molar-refractivity contribution in [1.29, 1.82) is 0 Å². The summed E-state index contributed by atoms with van der Waals surface area (Å²) in [7, 11) is 0. The highest BCUT2D eigenvalue weighted by Crippen LogP contribution is 2.14. The SMILES string of the molecule is C#CC(CC)NC1CCN(Cc2ccccc2)C1. The summed E-state index contributed by atoms with van der Waals surface area (Å²) in [5.41, 5.74) is 1.39. The van der Waals surface area contributed by atoms with E-state index in [0.29, 0.717) is 6.04 Å². The minimum atomic E-state index is 0.228. The van der Waals surface area contributed by atoms with Crippen LogP contribution < -0.4 is 5.32 Å². The van der Waals surface area contributed by atoms with E-state index in [1.807, 2.05) is 0 Å². The summed E-state index contributed by atoms with van der Waals surface area (Å²) < 4.78 is 0. The summed E-state index contributed by atoms with van der Waals surface area (Å²) in [4.78, 5) is 2.50. The molecule has 1 aromatic carbocycles. The third-order valence-corrected chi connectivity index (χ3v) is 3.57. The number of terminal acetylenes is 1. The zero-order valence-corrected chi connectivity index (χ0v) is 11.1. The molecule has 0 radical (unpaired) electrons. The molecular formula is C16H22N2. The van der Waals surface area contributed by atoms with E-state index in [1.165, 1.54) is 12.0 Å². The molecule has 2 atom stereocenters. The van der Waals surface area contributed by atoms with Crippen molar-refractivity contribution >= 4 is 0 Å². The van der Waals surface area contributed by atoms with E-state index in [9.17, 15) is 0 Å². The van der Waals surface area contributed by atoms with Gasteiger partial charge >= 0.3 is 0 Å². The largest absolute Gasteiger partial charge is 0.300 e. The molecule has 2 rings (SSSR count). The van der Waals surface area contributed by atoms with E-state index in [2.05, 4.69) is 53.4 Å². The molecule has 2 nitrogen and oxygen atoms in total. The Labute approximate surface area is 110 Å². The first kappa shape index (κ1) is 13.1. The van der Waals surface area contributed by atoms with Crippen molar-refractivity contribution in [2.45, 2.75) is 38.4 Å². The van der Waals surface area contributed by atoms with Crippen LogP contribution in [0.2, 0.25) is 0 Å². The topological polar surface area (TPSA) is 15.3 Å². The third-order valence-electron chi connectivity index (χ3n) is 3.57. The molecule has 0 amide bonds. The van der Waals surface area contributed by atoms with Crippen LogP contribution >= 0.6 is 0 Å². The number of hydrogen-bond donors (Lipinski definition) is 1. The third kappa shape index (κ3) is 3.60. The Bertz CT molecular complexity index is 393. The first-order chi connectivity index (χ1) is 8.81. The maximum atomic E-state index is 5.49. The highest BCUT2D eigenvalue weighted by atomic mass is 15.2. The molecule has 1 aliphatic heterocycles. The van der Waals surface area contributed by atoms with Crippen LogP contribution in [0.5, 0.6) is 0 Å². The van der Waals surface area contributed by atoms with Gasteiger partial charge in [-0.3, -0.25) is 10.2 Å². The van der Waals surface area contributed by atoms with Crippen molar-refractivity contribution in [2.24, 2.45) is 0 Å². The van der Waals surface area contributed by atoms with E-state index in [4.69, 9.17) is 6.42 Å². The zero-order valence-electron chi connectivity index (χ0n) is 11.1. The number of nitrogens with one attached hydrogen (secondary N) is 1. The molecule has 2 unspecified atom stereocenters. The van der Waals surface area contributed by atoms with Gasteiger partial charge in [0.25, 0.3) is 0 Å². The summed E-state index contributed by atoms with van der Waals surface area (Å²) >= 11 is 0. The molecule has 1 aromatic rings. The maximum absolute atomic E-state index is 5.49. The van der Waals surface area contributed by atoms with Gasteiger partial charge in [-0.25, -0.2) is 0 Å². The van der Waals surface area contributed by atoms with Crippen molar-refractivity contribution in [3.63, 3.8) is 0 Å². The number of benzene rings is 1. The fourth-order valence-electron chi connectivity index (χ4n) is 2.52. The fourth-order valence-corrected chi connectivity index (χ4v) is 2.52. The van der Waals surface area contributed by atoms with Crippen LogP contribution in [0.4, 0.5) is 0 Å². The van der Waals surface area contributed by atoms with Gasteiger partial charge in [-0.05, 0) is 18.4 Å².